The molecular formula is C23H33FN4O2Si. The van der Waals surface area contributed by atoms with Crippen LogP contribution in [0.2, 0.25) is 18.1 Å². The Morgan fingerprint density at radius 2 is 1.90 bits per heavy atom. The molecule has 3 rings (SSSR count). The molecule has 1 saturated heterocycles. The van der Waals surface area contributed by atoms with Gasteiger partial charge < -0.3 is 14.6 Å². The molecule has 1 aromatic carbocycles. The fourth-order valence-electron chi connectivity index (χ4n) is 3.28. The quantitative estimate of drug-likeness (QED) is 0.607. The molecule has 1 aliphatic heterocycles. The van der Waals surface area contributed by atoms with Gasteiger partial charge in [0.2, 0.25) is 0 Å². The molecule has 1 unspecified atom stereocenters. The molecule has 0 aliphatic carbocycles. The smallest absolute Gasteiger partial charge is 0.320 e. The topological polar surface area (TPSA) is 66.5 Å². The maximum Gasteiger partial charge on any atom is 0.320 e. The molecule has 1 aliphatic rings. The number of hydrogen-bond donors (Lipinski definition) is 2. The summed E-state index contributed by atoms with van der Waals surface area (Å²) in [4.78, 5) is 19.0. The van der Waals surface area contributed by atoms with Gasteiger partial charge in [-0.05, 0) is 67.4 Å². The number of amides is 2. The van der Waals surface area contributed by atoms with Crippen LogP contribution in [0.25, 0.3) is 0 Å². The average molecular weight is 445 g/mol. The van der Waals surface area contributed by atoms with Gasteiger partial charge in [0.15, 0.2) is 0 Å². The van der Waals surface area contributed by atoms with E-state index in [1.807, 2.05) is 6.07 Å². The Morgan fingerprint density at radius 1 is 1.19 bits per heavy atom. The minimum atomic E-state index is -1.93. The van der Waals surface area contributed by atoms with Crippen molar-refractivity contribution < 1.29 is 13.6 Å². The van der Waals surface area contributed by atoms with Crippen molar-refractivity contribution in [1.82, 2.24) is 10.3 Å². The van der Waals surface area contributed by atoms with Crippen LogP contribution in [0.15, 0.2) is 42.6 Å². The number of benzene rings is 1. The first kappa shape index (κ1) is 23.1. The summed E-state index contributed by atoms with van der Waals surface area (Å²) in [5.41, 5.74) is 0.965. The van der Waals surface area contributed by atoms with Crippen LogP contribution >= 0.6 is 0 Å². The number of piperidine rings is 1. The molecule has 0 spiro atoms. The Bertz CT molecular complexity index is 882. The maximum atomic E-state index is 13.2. The van der Waals surface area contributed by atoms with Crippen LogP contribution in [0.4, 0.5) is 20.7 Å². The van der Waals surface area contributed by atoms with Crippen LogP contribution in [0.3, 0.4) is 0 Å². The lowest BCUT2D eigenvalue weighted by Gasteiger charge is -2.36. The first-order valence-electron chi connectivity index (χ1n) is 10.8. The van der Waals surface area contributed by atoms with Crippen molar-refractivity contribution >= 4 is 25.9 Å². The van der Waals surface area contributed by atoms with Crippen LogP contribution in [-0.2, 0) is 0 Å². The summed E-state index contributed by atoms with van der Waals surface area (Å²) in [6.45, 7) is 12.5. The highest BCUT2D eigenvalue weighted by Crippen LogP contribution is 2.37. The van der Waals surface area contributed by atoms with E-state index in [0.29, 0.717) is 12.4 Å². The first-order chi connectivity index (χ1) is 14.5. The van der Waals surface area contributed by atoms with Gasteiger partial charge in [0.25, 0.3) is 8.32 Å². The van der Waals surface area contributed by atoms with Crippen molar-refractivity contribution in [2.45, 2.75) is 57.8 Å². The van der Waals surface area contributed by atoms with Crippen molar-refractivity contribution in [3.05, 3.63) is 48.4 Å². The number of halogens is 1. The van der Waals surface area contributed by atoms with Crippen molar-refractivity contribution in [3.63, 3.8) is 0 Å². The summed E-state index contributed by atoms with van der Waals surface area (Å²) in [6, 6.07) is 9.81. The summed E-state index contributed by atoms with van der Waals surface area (Å²) in [5.74, 6) is 0.953. The van der Waals surface area contributed by atoms with Gasteiger partial charge in [-0.1, -0.05) is 20.8 Å². The second-order valence-electron chi connectivity index (χ2n) is 9.60. The van der Waals surface area contributed by atoms with Crippen LogP contribution in [0.5, 0.6) is 5.75 Å². The van der Waals surface area contributed by atoms with Gasteiger partial charge in [-0.2, -0.15) is 0 Å². The first-order valence-corrected chi connectivity index (χ1v) is 13.7. The lowest BCUT2D eigenvalue weighted by atomic mass is 10.1. The number of aromatic nitrogens is 1. The second kappa shape index (κ2) is 9.26. The monoisotopic (exact) mass is 444 g/mol. The summed E-state index contributed by atoms with van der Waals surface area (Å²) in [6.07, 6.45) is 3.52. The molecular weight excluding hydrogens is 411 g/mol. The number of carbonyl (C=O) groups excluding carboxylic acids is 1. The Hall–Kier alpha value is -2.61. The van der Waals surface area contributed by atoms with Crippen molar-refractivity contribution in [2.24, 2.45) is 0 Å². The van der Waals surface area contributed by atoms with Crippen LogP contribution in [0, 0.1) is 5.82 Å². The van der Waals surface area contributed by atoms with E-state index in [1.54, 1.807) is 24.4 Å². The molecule has 1 aromatic heterocycles. The SMILES string of the molecule is CC(C)(C)[Si](C)(C)Oc1ccc(NC(=O)NC2CCCN(c3ccc(F)cc3)C2)nc1. The number of nitrogens with one attached hydrogen (secondary N) is 2. The van der Waals surface area contributed by atoms with Gasteiger partial charge in [-0.15, -0.1) is 0 Å². The van der Waals surface area contributed by atoms with E-state index in [9.17, 15) is 9.18 Å². The Morgan fingerprint density at radius 3 is 2.52 bits per heavy atom. The number of rotatable bonds is 5. The van der Waals surface area contributed by atoms with Gasteiger partial charge in [0.1, 0.15) is 17.4 Å². The van der Waals surface area contributed by atoms with E-state index in [1.165, 1.54) is 12.1 Å². The number of nitrogens with zero attached hydrogens (tertiary/aromatic N) is 2. The molecule has 0 radical (unpaired) electrons. The zero-order valence-electron chi connectivity index (χ0n) is 19.0. The number of urea groups is 1. The molecule has 2 N–H and O–H groups in total. The molecule has 6 nitrogen and oxygen atoms in total. The predicted octanol–water partition coefficient (Wildman–Crippen LogP) is 5.40. The fraction of sp³-hybridized carbons (Fsp3) is 0.478. The lowest BCUT2D eigenvalue weighted by Crippen LogP contribution is -2.49. The van der Waals surface area contributed by atoms with E-state index in [0.717, 1.165) is 30.8 Å². The zero-order chi connectivity index (χ0) is 22.6. The molecule has 0 saturated carbocycles. The second-order valence-corrected chi connectivity index (χ2v) is 14.3. The summed E-state index contributed by atoms with van der Waals surface area (Å²) < 4.78 is 19.4. The minimum absolute atomic E-state index is 0.0139. The molecule has 2 amide bonds. The molecule has 0 bridgehead atoms. The van der Waals surface area contributed by atoms with Gasteiger partial charge >= 0.3 is 6.03 Å². The Labute approximate surface area is 185 Å². The lowest BCUT2D eigenvalue weighted by molar-refractivity contribution is 0.246. The third-order valence-electron chi connectivity index (χ3n) is 6.11. The van der Waals surface area contributed by atoms with Crippen LogP contribution in [0.1, 0.15) is 33.6 Å². The number of carbonyl (C=O) groups is 1. The number of pyridine rings is 1. The summed E-state index contributed by atoms with van der Waals surface area (Å²) >= 11 is 0. The van der Waals surface area contributed by atoms with E-state index in [-0.39, 0.29) is 22.9 Å². The van der Waals surface area contributed by atoms with Crippen molar-refractivity contribution in [3.8, 4) is 5.75 Å². The van der Waals surface area contributed by atoms with E-state index < -0.39 is 8.32 Å². The molecule has 168 valence electrons. The molecule has 1 fully saturated rings. The van der Waals surface area contributed by atoms with E-state index in [2.05, 4.69) is 54.4 Å². The van der Waals surface area contributed by atoms with Crippen LogP contribution < -0.4 is 20.0 Å². The minimum Gasteiger partial charge on any atom is -0.542 e. The van der Waals surface area contributed by atoms with Gasteiger partial charge in [0, 0.05) is 24.8 Å². The van der Waals surface area contributed by atoms with Gasteiger partial charge in [-0.25, -0.2) is 14.2 Å². The third-order valence-corrected chi connectivity index (χ3v) is 10.5. The highest BCUT2D eigenvalue weighted by Gasteiger charge is 2.39. The zero-order valence-corrected chi connectivity index (χ0v) is 20.0. The standard InChI is InChI=1S/C23H33FN4O2Si/c1-23(2,3)31(4,5)30-20-12-13-21(25-15-20)27-22(29)26-18-7-6-14-28(16-18)19-10-8-17(24)9-11-19/h8-13,15,18H,6-7,14,16H2,1-5H3,(H2,25,26,27,29). The predicted molar refractivity (Wildman–Crippen MR) is 126 cm³/mol. The normalized spacial score (nSPS) is 17.2. The largest absolute Gasteiger partial charge is 0.542 e. The highest BCUT2D eigenvalue weighted by atomic mass is 28.4. The number of hydrogen-bond acceptors (Lipinski definition) is 4. The van der Waals surface area contributed by atoms with Gasteiger partial charge in [0.05, 0.1) is 6.20 Å². The van der Waals surface area contributed by atoms with Crippen LogP contribution in [-0.4, -0.2) is 38.5 Å². The number of anilines is 2. The Kier molecular flexibility index (Phi) is 6.89. The average Bonchev–Trinajstić information content (AvgIpc) is 2.69. The van der Waals surface area contributed by atoms with Crippen molar-refractivity contribution in [1.29, 1.82) is 0 Å². The molecule has 8 heteroatoms. The summed E-state index contributed by atoms with van der Waals surface area (Å²) in [7, 11) is -1.93. The molecule has 1 atom stereocenters. The third kappa shape index (κ3) is 6.19. The molecule has 2 heterocycles. The van der Waals surface area contributed by atoms with E-state index >= 15 is 0 Å². The highest BCUT2D eigenvalue weighted by molar-refractivity contribution is 6.74. The van der Waals surface area contributed by atoms with E-state index in [4.69, 9.17) is 4.43 Å². The summed E-state index contributed by atoms with van der Waals surface area (Å²) in [5, 5.41) is 5.92. The molecule has 31 heavy (non-hydrogen) atoms. The van der Waals surface area contributed by atoms with Gasteiger partial charge in [-0.3, -0.25) is 5.32 Å². The molecule has 2 aromatic rings. The Balaban J connectivity index is 1.53. The fourth-order valence-corrected chi connectivity index (χ4v) is 4.30. The maximum absolute atomic E-state index is 13.2. The van der Waals surface area contributed by atoms with Crippen molar-refractivity contribution in [2.75, 3.05) is 23.3 Å².